The third-order valence-electron chi connectivity index (χ3n) is 2.54. The van der Waals surface area contributed by atoms with Gasteiger partial charge in [0.15, 0.2) is 0 Å². The van der Waals surface area contributed by atoms with Crippen molar-refractivity contribution >= 4 is 0 Å². The Kier molecular flexibility index (Phi) is 2.52. The average Bonchev–Trinajstić information content (AvgIpc) is 2.19. The molecule has 0 spiro atoms. The van der Waals surface area contributed by atoms with Crippen LogP contribution in [0.1, 0.15) is 12.5 Å². The zero-order valence-electron chi connectivity index (χ0n) is 8.16. The second kappa shape index (κ2) is 3.67. The zero-order chi connectivity index (χ0) is 10.0. The number of halogens is 1. The van der Waals surface area contributed by atoms with E-state index in [1.807, 2.05) is 6.92 Å². The predicted octanol–water partition coefficient (Wildman–Crippen LogP) is 1.68. The fourth-order valence-corrected chi connectivity index (χ4v) is 1.65. The molecule has 0 unspecified atom stereocenters. The van der Waals surface area contributed by atoms with Crippen LogP contribution in [0, 0.1) is 5.82 Å². The second-order valence-electron chi connectivity index (χ2n) is 3.69. The molecule has 2 nitrogen and oxygen atoms in total. The summed E-state index contributed by atoms with van der Waals surface area (Å²) in [7, 11) is 0. The molecule has 0 amide bonds. The highest BCUT2D eigenvalue weighted by molar-refractivity contribution is 5.23. The Bertz CT molecular complexity index is 304. The minimum atomic E-state index is -0.369. The predicted molar refractivity (Wildman–Crippen MR) is 51.6 cm³/mol. The Hall–Kier alpha value is -0.930. The van der Waals surface area contributed by atoms with Crippen molar-refractivity contribution < 1.29 is 9.13 Å². The number of benzene rings is 1. The monoisotopic (exact) mass is 194 g/mol. The van der Waals surface area contributed by atoms with Crippen molar-refractivity contribution in [2.24, 2.45) is 0 Å². The van der Waals surface area contributed by atoms with E-state index in [0.29, 0.717) is 13.2 Å². The van der Waals surface area contributed by atoms with E-state index in [-0.39, 0.29) is 11.4 Å². The molecule has 3 heteroatoms. The van der Waals surface area contributed by atoms with Crippen molar-refractivity contribution in [3.8, 4) is 0 Å². The van der Waals surface area contributed by atoms with Crippen molar-refractivity contribution in [1.29, 1.82) is 0 Å². The molecule has 0 saturated carbocycles. The molecule has 1 atom stereocenters. The van der Waals surface area contributed by atoms with Gasteiger partial charge in [0.2, 0.25) is 0 Å². The van der Waals surface area contributed by atoms with Crippen LogP contribution < -0.4 is 5.32 Å². The lowest BCUT2D eigenvalue weighted by molar-refractivity contribution is -0.0586. The average molecular weight is 194 g/mol. The maximum absolute atomic E-state index is 12.7. The molecule has 1 aliphatic rings. The molecule has 1 aromatic carbocycles. The SMILES string of the molecule is C[C@]1(c2ccc(F)cc2)C[N]CCO1. The van der Waals surface area contributed by atoms with Crippen LogP contribution in [0.25, 0.3) is 0 Å². The molecule has 1 aliphatic heterocycles. The van der Waals surface area contributed by atoms with Crippen LogP contribution >= 0.6 is 0 Å². The molecule has 1 fully saturated rings. The molecular formula is C11H13FNO. The fourth-order valence-electron chi connectivity index (χ4n) is 1.65. The summed E-state index contributed by atoms with van der Waals surface area (Å²) >= 11 is 0. The molecule has 1 saturated heterocycles. The van der Waals surface area contributed by atoms with Gasteiger partial charge in [0.05, 0.1) is 6.61 Å². The largest absolute Gasteiger partial charge is 0.368 e. The van der Waals surface area contributed by atoms with E-state index in [9.17, 15) is 4.39 Å². The van der Waals surface area contributed by atoms with Crippen LogP contribution in [-0.2, 0) is 10.3 Å². The summed E-state index contributed by atoms with van der Waals surface area (Å²) in [5, 5.41) is 4.31. The lowest BCUT2D eigenvalue weighted by Crippen LogP contribution is -2.42. The molecule has 75 valence electrons. The number of hydrogen-bond acceptors (Lipinski definition) is 1. The number of rotatable bonds is 1. The molecule has 0 N–H and O–H groups in total. The summed E-state index contributed by atoms with van der Waals surface area (Å²) in [5.41, 5.74) is 0.619. The van der Waals surface area contributed by atoms with Gasteiger partial charge in [-0.15, -0.1) is 0 Å². The van der Waals surface area contributed by atoms with E-state index < -0.39 is 0 Å². The first-order valence-corrected chi connectivity index (χ1v) is 4.74. The van der Waals surface area contributed by atoms with E-state index in [4.69, 9.17) is 4.74 Å². The van der Waals surface area contributed by atoms with Gasteiger partial charge in [-0.3, -0.25) is 0 Å². The molecule has 0 aliphatic carbocycles. The van der Waals surface area contributed by atoms with Gasteiger partial charge in [-0.25, -0.2) is 9.71 Å². The standard InChI is InChI=1S/C11H13FNO/c1-11(8-13-6-7-14-11)9-2-4-10(12)5-3-9/h2-5H,6-8H2,1H3/t11-/m1/s1. The lowest BCUT2D eigenvalue weighted by Gasteiger charge is -2.33. The Balaban J connectivity index is 2.23. The van der Waals surface area contributed by atoms with Crippen LogP contribution in [0.5, 0.6) is 0 Å². The first-order valence-electron chi connectivity index (χ1n) is 4.74. The fraction of sp³-hybridized carbons (Fsp3) is 0.455. The summed E-state index contributed by atoms with van der Waals surface area (Å²) in [6.07, 6.45) is 0. The van der Waals surface area contributed by atoms with Crippen molar-refractivity contribution in [1.82, 2.24) is 5.32 Å². The third kappa shape index (κ3) is 1.79. The highest BCUT2D eigenvalue weighted by atomic mass is 19.1. The zero-order valence-corrected chi connectivity index (χ0v) is 8.16. The number of nitrogens with zero attached hydrogens (tertiary/aromatic N) is 1. The van der Waals surface area contributed by atoms with Crippen molar-refractivity contribution in [3.05, 3.63) is 35.6 Å². The highest BCUT2D eigenvalue weighted by Gasteiger charge is 2.30. The summed E-state index contributed by atoms with van der Waals surface area (Å²) in [6.45, 7) is 4.05. The third-order valence-corrected chi connectivity index (χ3v) is 2.54. The number of morpholine rings is 1. The molecule has 1 heterocycles. The second-order valence-corrected chi connectivity index (χ2v) is 3.69. The maximum Gasteiger partial charge on any atom is 0.123 e. The van der Waals surface area contributed by atoms with Crippen LogP contribution in [0.2, 0.25) is 0 Å². The first-order chi connectivity index (χ1) is 6.71. The quantitative estimate of drug-likeness (QED) is 0.667. The van der Waals surface area contributed by atoms with E-state index in [0.717, 1.165) is 12.1 Å². The molecular weight excluding hydrogens is 181 g/mol. The highest BCUT2D eigenvalue weighted by Crippen LogP contribution is 2.26. The summed E-state index contributed by atoms with van der Waals surface area (Å²) in [4.78, 5) is 0. The minimum Gasteiger partial charge on any atom is -0.368 e. The van der Waals surface area contributed by atoms with E-state index in [1.165, 1.54) is 12.1 Å². The summed E-state index contributed by atoms with van der Waals surface area (Å²) < 4.78 is 18.4. The molecule has 0 bridgehead atoms. The van der Waals surface area contributed by atoms with E-state index in [1.54, 1.807) is 12.1 Å². The molecule has 2 rings (SSSR count). The van der Waals surface area contributed by atoms with Crippen LogP contribution in [-0.4, -0.2) is 19.7 Å². The number of ether oxygens (including phenoxy) is 1. The number of hydrogen-bond donors (Lipinski definition) is 0. The van der Waals surface area contributed by atoms with E-state index >= 15 is 0 Å². The van der Waals surface area contributed by atoms with Gasteiger partial charge in [0.25, 0.3) is 0 Å². The summed E-state index contributed by atoms with van der Waals surface area (Å²) in [6, 6.07) is 6.43. The topological polar surface area (TPSA) is 23.3 Å². The maximum atomic E-state index is 12.7. The molecule has 1 aromatic rings. The molecule has 14 heavy (non-hydrogen) atoms. The van der Waals surface area contributed by atoms with E-state index in [2.05, 4.69) is 5.32 Å². The van der Waals surface area contributed by atoms with Crippen LogP contribution in [0.3, 0.4) is 0 Å². The Labute approximate surface area is 83.1 Å². The smallest absolute Gasteiger partial charge is 0.123 e. The molecule has 1 radical (unpaired) electrons. The van der Waals surface area contributed by atoms with Crippen molar-refractivity contribution in [2.75, 3.05) is 19.7 Å². The lowest BCUT2D eigenvalue weighted by atomic mass is 9.95. The van der Waals surface area contributed by atoms with Gasteiger partial charge in [0.1, 0.15) is 11.4 Å². The van der Waals surface area contributed by atoms with Gasteiger partial charge < -0.3 is 4.74 Å². The molecule has 0 aromatic heterocycles. The van der Waals surface area contributed by atoms with Gasteiger partial charge in [-0.2, -0.15) is 0 Å². The Morgan fingerprint density at radius 2 is 2.07 bits per heavy atom. The van der Waals surface area contributed by atoms with Gasteiger partial charge >= 0.3 is 0 Å². The van der Waals surface area contributed by atoms with Gasteiger partial charge in [0, 0.05) is 13.1 Å². The Morgan fingerprint density at radius 3 is 2.64 bits per heavy atom. The Morgan fingerprint density at radius 1 is 1.36 bits per heavy atom. The van der Waals surface area contributed by atoms with Crippen molar-refractivity contribution in [3.63, 3.8) is 0 Å². The normalized spacial score (nSPS) is 27.6. The van der Waals surface area contributed by atoms with Gasteiger partial charge in [-0.05, 0) is 24.6 Å². The van der Waals surface area contributed by atoms with Crippen molar-refractivity contribution in [2.45, 2.75) is 12.5 Å². The van der Waals surface area contributed by atoms with Crippen LogP contribution in [0.4, 0.5) is 4.39 Å². The first kappa shape index (κ1) is 9.62. The minimum absolute atomic E-state index is 0.218. The summed E-state index contributed by atoms with van der Waals surface area (Å²) in [5.74, 6) is -0.218. The van der Waals surface area contributed by atoms with Gasteiger partial charge in [-0.1, -0.05) is 12.1 Å². The van der Waals surface area contributed by atoms with Crippen LogP contribution in [0.15, 0.2) is 24.3 Å².